The molecule has 0 aromatic carbocycles. The maximum atomic E-state index is 13.0. The first kappa shape index (κ1) is 14.2. The number of hydrogen-bond donors (Lipinski definition) is 1. The fourth-order valence-electron chi connectivity index (χ4n) is 6.06. The van der Waals surface area contributed by atoms with Crippen LogP contribution in [0.4, 0.5) is 0 Å². The molecule has 0 aromatic rings. The third kappa shape index (κ3) is 1.63. The number of carbonyl (C=O) groups is 2. The van der Waals surface area contributed by atoms with Crippen LogP contribution in [0.1, 0.15) is 46.0 Å². The van der Waals surface area contributed by atoms with Crippen LogP contribution in [0.5, 0.6) is 0 Å². The number of aliphatic hydroxyl groups excluding tert-OH is 1. The summed E-state index contributed by atoms with van der Waals surface area (Å²) in [5.41, 5.74) is -0.600. The molecule has 4 aliphatic carbocycles. The van der Waals surface area contributed by atoms with E-state index in [1.165, 1.54) is 0 Å². The molecule has 6 atom stereocenters. The second-order valence-electron chi connectivity index (χ2n) is 8.25. The number of carbonyl (C=O) groups excluding carboxylic acids is 2. The Kier molecular flexibility index (Phi) is 2.80. The lowest BCUT2D eigenvalue weighted by Gasteiger charge is -2.56. The Hall–Kier alpha value is -1.38. The van der Waals surface area contributed by atoms with Crippen molar-refractivity contribution in [1.29, 1.82) is 0 Å². The minimum atomic E-state index is -0.405. The fraction of sp³-hybridized carbons (Fsp3) is 0.684. The maximum Gasteiger partial charge on any atom is 0.139 e. The van der Waals surface area contributed by atoms with Crippen molar-refractivity contribution in [3.8, 4) is 0 Å². The average Bonchev–Trinajstić information content (AvgIpc) is 2.75. The van der Waals surface area contributed by atoms with Crippen LogP contribution in [0, 0.1) is 34.5 Å². The Morgan fingerprint density at radius 2 is 1.95 bits per heavy atom. The minimum Gasteiger partial charge on any atom is -0.508 e. The Morgan fingerprint density at radius 3 is 2.73 bits per heavy atom. The summed E-state index contributed by atoms with van der Waals surface area (Å²) in [6.45, 7) is 4.20. The van der Waals surface area contributed by atoms with E-state index < -0.39 is 5.41 Å². The number of rotatable bonds is 0. The number of ketones is 2. The van der Waals surface area contributed by atoms with E-state index in [4.69, 9.17) is 0 Å². The molecule has 0 amide bonds. The number of hydrogen-bond acceptors (Lipinski definition) is 3. The van der Waals surface area contributed by atoms with Gasteiger partial charge in [-0.1, -0.05) is 19.9 Å². The molecule has 3 heteroatoms. The van der Waals surface area contributed by atoms with Crippen LogP contribution in [0.3, 0.4) is 0 Å². The van der Waals surface area contributed by atoms with Crippen LogP contribution < -0.4 is 0 Å². The standard InChI is InChI=1S/C19H24O3/c1-18-8-7-12(20)9-11(18)3-4-13-14-5-6-16(22)19(14,2)10-15(21)17(13)18/h7-9,11,13-14,17,20H,3-6,10H2,1-2H3/t11-,13+,14+,17-,18-,19+/m0/s1. The summed E-state index contributed by atoms with van der Waals surface area (Å²) in [4.78, 5) is 25.3. The van der Waals surface area contributed by atoms with E-state index in [0.29, 0.717) is 36.2 Å². The van der Waals surface area contributed by atoms with Gasteiger partial charge in [0.25, 0.3) is 0 Å². The highest BCUT2D eigenvalue weighted by atomic mass is 16.3. The highest BCUT2D eigenvalue weighted by Crippen LogP contribution is 2.62. The topological polar surface area (TPSA) is 54.4 Å². The zero-order valence-corrected chi connectivity index (χ0v) is 13.3. The lowest BCUT2D eigenvalue weighted by atomic mass is 9.47. The first-order valence-electron chi connectivity index (χ1n) is 8.52. The lowest BCUT2D eigenvalue weighted by molar-refractivity contribution is -0.151. The summed E-state index contributed by atoms with van der Waals surface area (Å²) >= 11 is 0. The zero-order chi connectivity index (χ0) is 15.7. The highest BCUT2D eigenvalue weighted by Gasteiger charge is 2.62. The van der Waals surface area contributed by atoms with Crippen LogP contribution in [0.2, 0.25) is 0 Å². The smallest absolute Gasteiger partial charge is 0.139 e. The lowest BCUT2D eigenvalue weighted by Crippen LogP contribution is -2.55. The summed E-state index contributed by atoms with van der Waals surface area (Å²) in [5, 5.41) is 9.80. The molecule has 3 saturated carbocycles. The molecule has 4 aliphatic rings. The van der Waals surface area contributed by atoms with Crippen molar-refractivity contribution in [3.63, 3.8) is 0 Å². The molecule has 0 unspecified atom stereocenters. The van der Waals surface area contributed by atoms with Gasteiger partial charge in [0.05, 0.1) is 0 Å². The van der Waals surface area contributed by atoms with E-state index in [1.54, 1.807) is 6.08 Å². The van der Waals surface area contributed by atoms with Gasteiger partial charge >= 0.3 is 0 Å². The van der Waals surface area contributed by atoms with E-state index in [0.717, 1.165) is 19.3 Å². The second-order valence-corrected chi connectivity index (χ2v) is 8.25. The van der Waals surface area contributed by atoms with Crippen molar-refractivity contribution < 1.29 is 14.7 Å². The van der Waals surface area contributed by atoms with E-state index in [9.17, 15) is 14.7 Å². The Labute approximate surface area is 131 Å². The Balaban J connectivity index is 1.76. The van der Waals surface area contributed by atoms with Gasteiger partial charge in [-0.15, -0.1) is 0 Å². The van der Waals surface area contributed by atoms with E-state index in [-0.39, 0.29) is 23.0 Å². The van der Waals surface area contributed by atoms with Crippen LogP contribution in [-0.4, -0.2) is 16.7 Å². The van der Waals surface area contributed by atoms with Gasteiger partial charge in [0.1, 0.15) is 17.3 Å². The summed E-state index contributed by atoms with van der Waals surface area (Å²) in [7, 11) is 0. The summed E-state index contributed by atoms with van der Waals surface area (Å²) in [6.07, 6.45) is 9.76. The van der Waals surface area contributed by atoms with Crippen LogP contribution in [0.15, 0.2) is 24.0 Å². The monoisotopic (exact) mass is 300 g/mol. The number of fused-ring (bicyclic) bond motifs is 5. The van der Waals surface area contributed by atoms with Crippen LogP contribution in [0.25, 0.3) is 0 Å². The molecule has 0 saturated heterocycles. The first-order chi connectivity index (χ1) is 10.4. The van der Waals surface area contributed by atoms with Crippen molar-refractivity contribution in [3.05, 3.63) is 24.0 Å². The predicted octanol–water partition coefficient (Wildman–Crippen LogP) is 3.61. The van der Waals surface area contributed by atoms with Crippen molar-refractivity contribution in [2.24, 2.45) is 34.5 Å². The van der Waals surface area contributed by atoms with Crippen LogP contribution >= 0.6 is 0 Å². The van der Waals surface area contributed by atoms with E-state index >= 15 is 0 Å². The molecule has 3 nitrogen and oxygen atoms in total. The average molecular weight is 300 g/mol. The largest absolute Gasteiger partial charge is 0.508 e. The third-order valence-electron chi connectivity index (χ3n) is 7.24. The van der Waals surface area contributed by atoms with Crippen molar-refractivity contribution in [2.45, 2.75) is 46.0 Å². The molecule has 3 fully saturated rings. The molecular formula is C19H24O3. The zero-order valence-electron chi connectivity index (χ0n) is 13.3. The second kappa shape index (κ2) is 4.33. The van der Waals surface area contributed by atoms with Gasteiger partial charge < -0.3 is 5.11 Å². The molecule has 22 heavy (non-hydrogen) atoms. The Morgan fingerprint density at radius 1 is 1.18 bits per heavy atom. The minimum absolute atomic E-state index is 0.0100. The molecule has 0 bridgehead atoms. The van der Waals surface area contributed by atoms with Gasteiger partial charge in [0.2, 0.25) is 0 Å². The van der Waals surface area contributed by atoms with Crippen LogP contribution in [-0.2, 0) is 9.59 Å². The predicted molar refractivity (Wildman–Crippen MR) is 83.1 cm³/mol. The Bertz CT molecular complexity index is 616. The van der Waals surface area contributed by atoms with E-state index in [2.05, 4.69) is 13.0 Å². The maximum absolute atomic E-state index is 13.0. The number of allylic oxidation sites excluding steroid dienone is 3. The van der Waals surface area contributed by atoms with Crippen molar-refractivity contribution >= 4 is 11.6 Å². The molecule has 0 aromatic heterocycles. The van der Waals surface area contributed by atoms with Gasteiger partial charge in [-0.3, -0.25) is 9.59 Å². The van der Waals surface area contributed by atoms with Gasteiger partial charge in [-0.25, -0.2) is 0 Å². The van der Waals surface area contributed by atoms with Gasteiger partial charge in [-0.05, 0) is 49.2 Å². The van der Waals surface area contributed by atoms with Gasteiger partial charge in [0, 0.05) is 29.6 Å². The molecule has 0 heterocycles. The molecule has 0 spiro atoms. The summed E-state index contributed by atoms with van der Waals surface area (Å²) < 4.78 is 0. The first-order valence-corrected chi connectivity index (χ1v) is 8.52. The van der Waals surface area contributed by atoms with E-state index in [1.807, 2.05) is 13.0 Å². The summed E-state index contributed by atoms with van der Waals surface area (Å²) in [6, 6.07) is 0. The molecule has 118 valence electrons. The molecule has 1 N–H and O–H groups in total. The highest BCUT2D eigenvalue weighted by molar-refractivity contribution is 5.95. The number of Topliss-reactive ketones (excluding diaryl/α,β-unsaturated/α-hetero) is 2. The molecule has 0 aliphatic heterocycles. The molecule has 4 rings (SSSR count). The number of aliphatic hydroxyl groups is 1. The quantitative estimate of drug-likeness (QED) is 0.743. The van der Waals surface area contributed by atoms with Crippen molar-refractivity contribution in [1.82, 2.24) is 0 Å². The molecule has 0 radical (unpaired) electrons. The summed E-state index contributed by atoms with van der Waals surface area (Å²) in [5.74, 6) is 1.84. The molecular weight excluding hydrogens is 276 g/mol. The fourth-order valence-corrected chi connectivity index (χ4v) is 6.06. The van der Waals surface area contributed by atoms with Gasteiger partial charge in [0.15, 0.2) is 0 Å². The van der Waals surface area contributed by atoms with Crippen molar-refractivity contribution in [2.75, 3.05) is 0 Å². The SMILES string of the molecule is C[C@]12C=CC(O)=C[C@@H]1CC[C@H]1[C@H]2C(=O)C[C@@]2(C)C(=O)CC[C@H]12. The van der Waals surface area contributed by atoms with Gasteiger partial charge in [-0.2, -0.15) is 0 Å². The third-order valence-corrected chi connectivity index (χ3v) is 7.24. The normalized spacial score (nSPS) is 50.2.